The second-order valence-corrected chi connectivity index (χ2v) is 4.07. The number of rotatable bonds is 6. The molecule has 19 heavy (non-hydrogen) atoms. The Labute approximate surface area is 116 Å². The molecule has 0 saturated carbocycles. The number of benzene rings is 1. The topological polar surface area (TPSA) is 12.4 Å². The maximum Gasteiger partial charge on any atom is 0.0269 e. The van der Waals surface area contributed by atoms with Crippen molar-refractivity contribution in [3.05, 3.63) is 72.0 Å². The quantitative estimate of drug-likeness (QED) is 0.481. The maximum absolute atomic E-state index is 4.01. The minimum Gasteiger partial charge on any atom is -0.269 e. The summed E-state index contributed by atoms with van der Waals surface area (Å²) in [6.45, 7) is 7.99. The summed E-state index contributed by atoms with van der Waals surface area (Å²) >= 11 is 0. The summed E-state index contributed by atoms with van der Waals surface area (Å²) in [5.41, 5.74) is 3.35. The van der Waals surface area contributed by atoms with Crippen LogP contribution >= 0.6 is 0 Å². The molecule has 0 N–H and O–H groups in total. The van der Waals surface area contributed by atoms with Gasteiger partial charge in [-0.05, 0) is 36.1 Å². The summed E-state index contributed by atoms with van der Waals surface area (Å²) in [6.07, 6.45) is 14.8. The van der Waals surface area contributed by atoms with Crippen LogP contribution in [0.15, 0.2) is 65.8 Å². The lowest BCUT2D eigenvalue weighted by Gasteiger charge is -2.00. The highest BCUT2D eigenvalue weighted by molar-refractivity contribution is 5.66. The lowest BCUT2D eigenvalue weighted by atomic mass is 10.1. The van der Waals surface area contributed by atoms with Gasteiger partial charge < -0.3 is 0 Å². The number of hydrogen-bond acceptors (Lipinski definition) is 1. The van der Waals surface area contributed by atoms with Crippen LogP contribution in [0.25, 0.3) is 12.2 Å². The van der Waals surface area contributed by atoms with E-state index in [2.05, 4.69) is 54.9 Å². The Morgan fingerprint density at radius 1 is 1.16 bits per heavy atom. The molecule has 0 unspecified atom stereocenters. The molecule has 0 amide bonds. The summed E-state index contributed by atoms with van der Waals surface area (Å²) in [7, 11) is 0. The van der Waals surface area contributed by atoms with Gasteiger partial charge in [-0.25, -0.2) is 0 Å². The molecular formula is C18H21N. The Hall–Kier alpha value is -2.15. The molecule has 0 fully saturated rings. The molecule has 0 bridgehead atoms. The van der Waals surface area contributed by atoms with Gasteiger partial charge in [0, 0.05) is 12.4 Å². The van der Waals surface area contributed by atoms with Gasteiger partial charge in [0.1, 0.15) is 0 Å². The van der Waals surface area contributed by atoms with Crippen LogP contribution in [0.3, 0.4) is 0 Å². The van der Waals surface area contributed by atoms with Crippen molar-refractivity contribution in [3.63, 3.8) is 0 Å². The third-order valence-corrected chi connectivity index (χ3v) is 2.53. The first-order valence-corrected chi connectivity index (χ1v) is 6.54. The standard InChI is InChI=1S/C18H21N/c1-4-6-9-17-10-7-8-11-18(17)13-12-16(3)14-15-19-5-2/h5-15H,3-4H2,1-2H3/b9-6-,13-12+,15-14-,19-5?. The molecule has 0 radical (unpaired) electrons. The van der Waals surface area contributed by atoms with E-state index in [0.29, 0.717) is 0 Å². The molecule has 0 aliphatic heterocycles. The maximum atomic E-state index is 4.01. The van der Waals surface area contributed by atoms with E-state index in [-0.39, 0.29) is 0 Å². The molecule has 0 heterocycles. The molecule has 1 aromatic rings. The van der Waals surface area contributed by atoms with Gasteiger partial charge in [0.05, 0.1) is 0 Å². The second-order valence-electron chi connectivity index (χ2n) is 4.07. The second kappa shape index (κ2) is 8.87. The van der Waals surface area contributed by atoms with E-state index in [4.69, 9.17) is 0 Å². The third kappa shape index (κ3) is 5.82. The predicted octanol–water partition coefficient (Wildman–Crippen LogP) is 5.28. The molecule has 0 atom stereocenters. The molecule has 1 heteroatoms. The molecule has 0 spiro atoms. The molecule has 0 saturated heterocycles. The van der Waals surface area contributed by atoms with Crippen molar-refractivity contribution in [2.24, 2.45) is 4.99 Å². The lowest BCUT2D eigenvalue weighted by Crippen LogP contribution is -1.79. The SMILES string of the molecule is C=C(/C=C\N=CC)/C=C/c1ccccc1/C=C\CC. The van der Waals surface area contributed by atoms with Crippen molar-refractivity contribution in [1.82, 2.24) is 0 Å². The van der Waals surface area contributed by atoms with Gasteiger partial charge in [0.25, 0.3) is 0 Å². The van der Waals surface area contributed by atoms with Crippen LogP contribution in [0.2, 0.25) is 0 Å². The van der Waals surface area contributed by atoms with E-state index in [9.17, 15) is 0 Å². The van der Waals surface area contributed by atoms with Gasteiger partial charge in [-0.1, -0.05) is 62.1 Å². The van der Waals surface area contributed by atoms with E-state index < -0.39 is 0 Å². The van der Waals surface area contributed by atoms with E-state index in [0.717, 1.165) is 12.0 Å². The Balaban J connectivity index is 2.81. The zero-order valence-electron chi connectivity index (χ0n) is 11.7. The van der Waals surface area contributed by atoms with Gasteiger partial charge in [-0.2, -0.15) is 0 Å². The number of nitrogens with zero attached hydrogens (tertiary/aromatic N) is 1. The fraction of sp³-hybridized carbons (Fsp3) is 0.167. The van der Waals surface area contributed by atoms with E-state index >= 15 is 0 Å². The Kier molecular flexibility index (Phi) is 6.96. The summed E-state index contributed by atoms with van der Waals surface area (Å²) < 4.78 is 0. The fourth-order valence-corrected chi connectivity index (χ4v) is 1.54. The average Bonchev–Trinajstić information content (AvgIpc) is 2.44. The summed E-state index contributed by atoms with van der Waals surface area (Å²) in [6, 6.07) is 8.32. The van der Waals surface area contributed by atoms with Crippen molar-refractivity contribution in [2.75, 3.05) is 0 Å². The summed E-state index contributed by atoms with van der Waals surface area (Å²) in [4.78, 5) is 4.01. The summed E-state index contributed by atoms with van der Waals surface area (Å²) in [5.74, 6) is 0. The molecule has 1 rings (SSSR count). The molecule has 0 aliphatic carbocycles. The van der Waals surface area contributed by atoms with Crippen LogP contribution in [0.4, 0.5) is 0 Å². The first-order valence-electron chi connectivity index (χ1n) is 6.54. The van der Waals surface area contributed by atoms with Crippen LogP contribution in [0, 0.1) is 0 Å². The Bertz CT molecular complexity index is 516. The molecule has 0 aromatic heterocycles. The van der Waals surface area contributed by atoms with Crippen LogP contribution in [-0.4, -0.2) is 6.21 Å². The Morgan fingerprint density at radius 3 is 2.47 bits per heavy atom. The number of allylic oxidation sites excluding steroid dienone is 4. The van der Waals surface area contributed by atoms with Gasteiger partial charge >= 0.3 is 0 Å². The average molecular weight is 251 g/mol. The predicted molar refractivity (Wildman–Crippen MR) is 87.2 cm³/mol. The van der Waals surface area contributed by atoms with Crippen molar-refractivity contribution in [1.29, 1.82) is 0 Å². The normalized spacial score (nSPS) is 12.3. The number of aliphatic imine (C=N–C) groups is 1. The van der Waals surface area contributed by atoms with Crippen LogP contribution in [0.1, 0.15) is 31.4 Å². The first kappa shape index (κ1) is 14.9. The highest BCUT2D eigenvalue weighted by Gasteiger charge is 1.93. The zero-order chi connectivity index (χ0) is 13.9. The number of hydrogen-bond donors (Lipinski definition) is 0. The highest BCUT2D eigenvalue weighted by Crippen LogP contribution is 2.14. The van der Waals surface area contributed by atoms with Crippen molar-refractivity contribution in [3.8, 4) is 0 Å². The van der Waals surface area contributed by atoms with Crippen LogP contribution < -0.4 is 0 Å². The Morgan fingerprint density at radius 2 is 1.84 bits per heavy atom. The monoisotopic (exact) mass is 251 g/mol. The van der Waals surface area contributed by atoms with Gasteiger partial charge in [-0.15, -0.1) is 0 Å². The summed E-state index contributed by atoms with van der Waals surface area (Å²) in [5, 5.41) is 0. The molecular weight excluding hydrogens is 230 g/mol. The molecule has 0 aliphatic rings. The molecule has 1 aromatic carbocycles. The van der Waals surface area contributed by atoms with Gasteiger partial charge in [0.2, 0.25) is 0 Å². The lowest BCUT2D eigenvalue weighted by molar-refractivity contribution is 1.23. The smallest absolute Gasteiger partial charge is 0.0269 e. The molecule has 98 valence electrons. The van der Waals surface area contributed by atoms with Crippen LogP contribution in [-0.2, 0) is 0 Å². The van der Waals surface area contributed by atoms with E-state index in [1.807, 2.05) is 25.1 Å². The van der Waals surface area contributed by atoms with Crippen molar-refractivity contribution < 1.29 is 0 Å². The van der Waals surface area contributed by atoms with E-state index in [1.54, 1.807) is 12.4 Å². The van der Waals surface area contributed by atoms with Gasteiger partial charge in [0.15, 0.2) is 0 Å². The third-order valence-electron chi connectivity index (χ3n) is 2.53. The van der Waals surface area contributed by atoms with E-state index in [1.165, 1.54) is 11.1 Å². The zero-order valence-corrected chi connectivity index (χ0v) is 11.7. The highest BCUT2D eigenvalue weighted by atomic mass is 14.6. The first-order chi connectivity index (χ1) is 9.27. The fourth-order valence-electron chi connectivity index (χ4n) is 1.54. The van der Waals surface area contributed by atoms with Gasteiger partial charge in [-0.3, -0.25) is 4.99 Å². The van der Waals surface area contributed by atoms with Crippen molar-refractivity contribution >= 4 is 18.4 Å². The minimum atomic E-state index is 0.930. The van der Waals surface area contributed by atoms with Crippen molar-refractivity contribution in [2.45, 2.75) is 20.3 Å². The minimum absolute atomic E-state index is 0.930. The van der Waals surface area contributed by atoms with Crippen LogP contribution in [0.5, 0.6) is 0 Å². The molecule has 1 nitrogen and oxygen atoms in total. The largest absolute Gasteiger partial charge is 0.269 e.